The maximum Gasteiger partial charge on any atom is 0.253 e. The predicted octanol–water partition coefficient (Wildman–Crippen LogP) is 3.80. The van der Waals surface area contributed by atoms with Crippen molar-refractivity contribution in [2.45, 2.75) is 0 Å². The Bertz CT molecular complexity index is 1090. The van der Waals surface area contributed by atoms with Crippen LogP contribution in [-0.2, 0) is 0 Å². The number of fused-ring (bicyclic) bond motifs is 2. The molecule has 0 bridgehead atoms. The fourth-order valence-corrected chi connectivity index (χ4v) is 3.93. The number of aromatic nitrogens is 2. The van der Waals surface area contributed by atoms with Crippen LogP contribution in [0.4, 0.5) is 0 Å². The summed E-state index contributed by atoms with van der Waals surface area (Å²) in [5.74, 6) is -0.108. The summed E-state index contributed by atoms with van der Waals surface area (Å²) < 4.78 is 1.13. The van der Waals surface area contributed by atoms with Crippen LogP contribution in [0.3, 0.4) is 0 Å². The zero-order valence-electron chi connectivity index (χ0n) is 15.3. The highest BCUT2D eigenvalue weighted by Crippen LogP contribution is 2.32. The third-order valence-corrected chi connectivity index (χ3v) is 5.42. The highest BCUT2D eigenvalue weighted by molar-refractivity contribution is 7.21. The summed E-state index contributed by atoms with van der Waals surface area (Å²) in [6, 6.07) is 15.9. The quantitative estimate of drug-likeness (QED) is 0.576. The lowest BCUT2D eigenvalue weighted by atomic mass is 10.0. The molecule has 0 spiro atoms. The molecular weight excluding hydrogens is 356 g/mol. The number of nitrogens with one attached hydrogen (secondary N) is 1. The van der Waals surface area contributed by atoms with Crippen molar-refractivity contribution in [3.8, 4) is 10.6 Å². The number of para-hydroxylation sites is 1. The van der Waals surface area contributed by atoms with Crippen LogP contribution in [0.25, 0.3) is 31.7 Å². The molecule has 0 unspecified atom stereocenters. The molecule has 1 N–H and O–H groups in total. The molecule has 2 aromatic heterocycles. The molecule has 27 heavy (non-hydrogen) atoms. The summed E-state index contributed by atoms with van der Waals surface area (Å²) in [6.45, 7) is 1.38. The van der Waals surface area contributed by atoms with Gasteiger partial charge in [0, 0.05) is 30.2 Å². The van der Waals surface area contributed by atoms with E-state index in [0.717, 1.165) is 32.7 Å². The minimum absolute atomic E-state index is 0.108. The van der Waals surface area contributed by atoms with E-state index in [9.17, 15) is 4.79 Å². The summed E-state index contributed by atoms with van der Waals surface area (Å²) in [5, 5.41) is 4.83. The molecular formula is C21H20N4OS. The average molecular weight is 376 g/mol. The van der Waals surface area contributed by atoms with E-state index in [2.05, 4.69) is 22.4 Å². The Hall–Kier alpha value is -2.83. The summed E-state index contributed by atoms with van der Waals surface area (Å²) in [4.78, 5) is 24.0. The van der Waals surface area contributed by atoms with Gasteiger partial charge in [0.1, 0.15) is 5.01 Å². The average Bonchev–Trinajstić information content (AvgIpc) is 3.11. The van der Waals surface area contributed by atoms with Crippen LogP contribution < -0.4 is 5.32 Å². The minimum Gasteiger partial charge on any atom is -0.351 e. The van der Waals surface area contributed by atoms with E-state index in [0.29, 0.717) is 17.6 Å². The number of rotatable bonds is 5. The van der Waals surface area contributed by atoms with E-state index in [1.165, 1.54) is 0 Å². The molecule has 6 heteroatoms. The molecule has 0 radical (unpaired) electrons. The lowest BCUT2D eigenvalue weighted by molar-refractivity contribution is 0.0952. The highest BCUT2D eigenvalue weighted by atomic mass is 32.1. The monoisotopic (exact) mass is 376 g/mol. The van der Waals surface area contributed by atoms with E-state index >= 15 is 0 Å². The standard InChI is InChI=1S/C21H20N4OS/c1-25(2)11-10-23-20(26)16-13-15(12-14-6-5-9-22-19(14)16)21-24-17-7-3-4-8-18(17)27-21/h3-9,12-13H,10-11H2,1-2H3,(H,23,26). The van der Waals surface area contributed by atoms with Crippen molar-refractivity contribution in [3.63, 3.8) is 0 Å². The largest absolute Gasteiger partial charge is 0.351 e. The molecule has 5 nitrogen and oxygen atoms in total. The SMILES string of the molecule is CN(C)CCNC(=O)c1cc(-c2nc3ccccc3s2)cc2cccnc12. The summed E-state index contributed by atoms with van der Waals surface area (Å²) in [6.07, 6.45) is 1.72. The Kier molecular flexibility index (Phi) is 4.83. The second-order valence-corrected chi connectivity index (χ2v) is 7.68. The van der Waals surface area contributed by atoms with Crippen LogP contribution in [0.1, 0.15) is 10.4 Å². The second-order valence-electron chi connectivity index (χ2n) is 6.64. The zero-order valence-corrected chi connectivity index (χ0v) is 16.1. The number of carbonyl (C=O) groups excluding carboxylic acids is 1. The normalized spacial score (nSPS) is 11.4. The van der Waals surface area contributed by atoms with E-state index in [1.54, 1.807) is 17.5 Å². The van der Waals surface area contributed by atoms with Crippen molar-refractivity contribution >= 4 is 38.4 Å². The molecule has 0 saturated carbocycles. The van der Waals surface area contributed by atoms with Gasteiger partial charge < -0.3 is 10.2 Å². The molecule has 0 atom stereocenters. The molecule has 0 aliphatic carbocycles. The number of nitrogens with zero attached hydrogens (tertiary/aromatic N) is 3. The van der Waals surface area contributed by atoms with Gasteiger partial charge in [0.2, 0.25) is 0 Å². The van der Waals surface area contributed by atoms with Gasteiger partial charge in [0.15, 0.2) is 0 Å². The van der Waals surface area contributed by atoms with Crippen molar-refractivity contribution in [1.82, 2.24) is 20.2 Å². The lowest BCUT2D eigenvalue weighted by Gasteiger charge is -2.12. The molecule has 136 valence electrons. The Morgan fingerprint density at radius 1 is 1.15 bits per heavy atom. The van der Waals surface area contributed by atoms with Crippen LogP contribution >= 0.6 is 11.3 Å². The van der Waals surface area contributed by atoms with Gasteiger partial charge in [0.25, 0.3) is 5.91 Å². The maximum atomic E-state index is 12.8. The first kappa shape index (κ1) is 17.6. The van der Waals surface area contributed by atoms with Crippen LogP contribution in [0.2, 0.25) is 0 Å². The maximum absolute atomic E-state index is 12.8. The smallest absolute Gasteiger partial charge is 0.253 e. The fourth-order valence-electron chi connectivity index (χ4n) is 2.97. The van der Waals surface area contributed by atoms with Crippen LogP contribution in [0.5, 0.6) is 0 Å². The zero-order chi connectivity index (χ0) is 18.8. The van der Waals surface area contributed by atoms with Crippen molar-refractivity contribution < 1.29 is 4.79 Å². The number of likely N-dealkylation sites (N-methyl/N-ethyl adjacent to an activating group) is 1. The Morgan fingerprint density at radius 3 is 2.81 bits per heavy atom. The third kappa shape index (κ3) is 3.67. The van der Waals surface area contributed by atoms with Crippen molar-refractivity contribution in [1.29, 1.82) is 0 Å². The van der Waals surface area contributed by atoms with Crippen molar-refractivity contribution in [2.75, 3.05) is 27.2 Å². The first-order valence-corrected chi connectivity index (χ1v) is 9.61. The molecule has 4 aromatic rings. The third-order valence-electron chi connectivity index (χ3n) is 4.33. The van der Waals surface area contributed by atoms with Crippen LogP contribution in [0, 0.1) is 0 Å². The Morgan fingerprint density at radius 2 is 2.00 bits per heavy atom. The molecule has 4 rings (SSSR count). The van der Waals surface area contributed by atoms with Gasteiger partial charge in [-0.05, 0) is 44.4 Å². The summed E-state index contributed by atoms with van der Waals surface area (Å²) >= 11 is 1.63. The van der Waals surface area contributed by atoms with Gasteiger partial charge in [0.05, 0.1) is 21.3 Å². The van der Waals surface area contributed by atoms with Gasteiger partial charge >= 0.3 is 0 Å². The number of carbonyl (C=O) groups is 1. The molecule has 0 aliphatic heterocycles. The minimum atomic E-state index is -0.108. The summed E-state index contributed by atoms with van der Waals surface area (Å²) in [5.41, 5.74) is 3.21. The van der Waals surface area contributed by atoms with Crippen molar-refractivity contribution in [2.24, 2.45) is 0 Å². The van der Waals surface area contributed by atoms with Crippen molar-refractivity contribution in [3.05, 3.63) is 60.3 Å². The first-order chi connectivity index (χ1) is 13.1. The van der Waals surface area contributed by atoms with Gasteiger partial charge in [-0.25, -0.2) is 4.98 Å². The van der Waals surface area contributed by atoms with Crippen LogP contribution in [0.15, 0.2) is 54.7 Å². The Balaban J connectivity index is 1.77. The lowest BCUT2D eigenvalue weighted by Crippen LogP contribution is -2.31. The number of pyridine rings is 1. The molecule has 2 heterocycles. The number of hydrogen-bond donors (Lipinski definition) is 1. The summed E-state index contributed by atoms with van der Waals surface area (Å²) in [7, 11) is 3.97. The fraction of sp³-hybridized carbons (Fsp3) is 0.190. The van der Waals surface area contributed by atoms with E-state index in [1.807, 2.05) is 55.4 Å². The first-order valence-electron chi connectivity index (χ1n) is 8.79. The molecule has 1 amide bonds. The number of hydrogen-bond acceptors (Lipinski definition) is 5. The molecule has 2 aromatic carbocycles. The molecule has 0 fully saturated rings. The van der Waals surface area contributed by atoms with Crippen LogP contribution in [-0.4, -0.2) is 48.0 Å². The Labute approximate surface area is 161 Å². The molecule has 0 aliphatic rings. The second kappa shape index (κ2) is 7.42. The van der Waals surface area contributed by atoms with E-state index < -0.39 is 0 Å². The van der Waals surface area contributed by atoms with E-state index in [-0.39, 0.29) is 5.91 Å². The number of amides is 1. The topological polar surface area (TPSA) is 58.1 Å². The van der Waals surface area contributed by atoms with Gasteiger partial charge in [-0.3, -0.25) is 9.78 Å². The van der Waals surface area contributed by atoms with Gasteiger partial charge in [-0.15, -0.1) is 11.3 Å². The van der Waals surface area contributed by atoms with Gasteiger partial charge in [-0.2, -0.15) is 0 Å². The van der Waals surface area contributed by atoms with E-state index in [4.69, 9.17) is 4.98 Å². The highest BCUT2D eigenvalue weighted by Gasteiger charge is 2.15. The van der Waals surface area contributed by atoms with Gasteiger partial charge in [-0.1, -0.05) is 18.2 Å². The molecule has 0 saturated heterocycles. The predicted molar refractivity (Wildman–Crippen MR) is 111 cm³/mol. The number of benzene rings is 2. The number of thiazole rings is 1.